The molecule has 0 aliphatic rings. The Morgan fingerprint density at radius 2 is 1.87 bits per heavy atom. The summed E-state index contributed by atoms with van der Waals surface area (Å²) in [6, 6.07) is 0. The second-order valence-electron chi connectivity index (χ2n) is 3.41. The number of nitrogens with zero attached hydrogens (tertiary/aromatic N) is 3. The van der Waals surface area contributed by atoms with Crippen molar-refractivity contribution in [3.05, 3.63) is 37.7 Å². The molecule has 0 fully saturated rings. The molecule has 0 bridgehead atoms. The number of hydrogen-bond acceptors (Lipinski definition) is 2. The van der Waals surface area contributed by atoms with Crippen molar-refractivity contribution < 1.29 is 5.11 Å². The van der Waals surface area contributed by atoms with Crippen LogP contribution >= 0.6 is 11.6 Å². The predicted octanol–water partition coefficient (Wildman–Crippen LogP) is 3.78. The maximum Gasteiger partial charge on any atom is 0.137 e. The van der Waals surface area contributed by atoms with Gasteiger partial charge in [-0.1, -0.05) is 16.7 Å². The van der Waals surface area contributed by atoms with Gasteiger partial charge in [-0.2, -0.15) is 0 Å². The molecule has 1 N–H and O–H groups in total. The van der Waals surface area contributed by atoms with E-state index >= 15 is 0 Å². The molecule has 15 heavy (non-hydrogen) atoms. The fourth-order valence-electron chi connectivity index (χ4n) is 1.50. The van der Waals surface area contributed by atoms with Gasteiger partial charge >= 0.3 is 0 Å². The Hall–Kier alpha value is -1.38. The Balaban J connectivity index is 3.44. The van der Waals surface area contributed by atoms with Gasteiger partial charge in [0.25, 0.3) is 0 Å². The minimum atomic E-state index is 0.108. The Morgan fingerprint density at radius 3 is 2.40 bits per heavy atom. The van der Waals surface area contributed by atoms with Crippen LogP contribution in [0, 0.1) is 20.8 Å². The first-order valence-electron chi connectivity index (χ1n) is 4.48. The topological polar surface area (TPSA) is 69.0 Å². The lowest BCUT2D eigenvalue weighted by Gasteiger charge is -2.14. The van der Waals surface area contributed by atoms with Gasteiger partial charge < -0.3 is 5.11 Å². The van der Waals surface area contributed by atoms with Gasteiger partial charge in [-0.25, -0.2) is 0 Å². The fourth-order valence-corrected chi connectivity index (χ4v) is 1.76. The Labute approximate surface area is 93.1 Å². The molecule has 0 radical (unpaired) electrons. The van der Waals surface area contributed by atoms with Gasteiger partial charge in [0.15, 0.2) is 0 Å². The van der Waals surface area contributed by atoms with E-state index in [1.165, 1.54) is 0 Å². The van der Waals surface area contributed by atoms with Crippen LogP contribution in [-0.2, 0) is 6.54 Å². The summed E-state index contributed by atoms with van der Waals surface area (Å²) in [4.78, 5) is 2.71. The van der Waals surface area contributed by atoms with Crippen LogP contribution in [0.5, 0.6) is 5.75 Å². The molecule has 0 heterocycles. The highest BCUT2D eigenvalue weighted by atomic mass is 35.5. The number of hydrogen-bond donors (Lipinski definition) is 1. The molecule has 4 nitrogen and oxygen atoms in total. The van der Waals surface area contributed by atoms with E-state index in [4.69, 9.17) is 17.1 Å². The zero-order valence-corrected chi connectivity index (χ0v) is 9.63. The Kier molecular flexibility index (Phi) is 3.45. The van der Waals surface area contributed by atoms with Gasteiger partial charge in [-0.05, 0) is 48.6 Å². The molecule has 0 amide bonds. The third kappa shape index (κ3) is 2.01. The monoisotopic (exact) mass is 225 g/mol. The average molecular weight is 226 g/mol. The molecule has 1 aromatic rings. The lowest BCUT2D eigenvalue weighted by molar-refractivity contribution is 0.470. The first kappa shape index (κ1) is 11.7. The first-order chi connectivity index (χ1) is 7.00. The van der Waals surface area contributed by atoms with Crippen molar-refractivity contribution in [3.8, 4) is 5.75 Å². The van der Waals surface area contributed by atoms with Gasteiger partial charge in [-0.3, -0.25) is 0 Å². The largest absolute Gasteiger partial charge is 0.506 e. The van der Waals surface area contributed by atoms with Crippen LogP contribution in [0.2, 0.25) is 5.02 Å². The Bertz CT molecular complexity index is 421. The summed E-state index contributed by atoms with van der Waals surface area (Å²) < 4.78 is 0. The van der Waals surface area contributed by atoms with Crippen molar-refractivity contribution in [2.45, 2.75) is 27.3 Å². The SMILES string of the molecule is Cc1c(C)c(CN=[N+]=[N-])c(C)c(Cl)c1O. The van der Waals surface area contributed by atoms with Crippen LogP contribution in [-0.4, -0.2) is 5.11 Å². The zero-order valence-electron chi connectivity index (χ0n) is 8.87. The molecule has 0 saturated heterocycles. The van der Waals surface area contributed by atoms with E-state index in [1.54, 1.807) is 13.8 Å². The van der Waals surface area contributed by atoms with Crippen LogP contribution in [0.15, 0.2) is 5.11 Å². The van der Waals surface area contributed by atoms with E-state index in [0.717, 1.165) is 22.3 Å². The third-order valence-electron chi connectivity index (χ3n) is 2.65. The third-order valence-corrected chi connectivity index (χ3v) is 3.11. The van der Waals surface area contributed by atoms with Gasteiger partial charge in [0.05, 0.1) is 11.6 Å². The minimum absolute atomic E-state index is 0.108. The van der Waals surface area contributed by atoms with Gasteiger partial charge in [-0.15, -0.1) is 0 Å². The standard InChI is InChI=1S/C10H12ClN3O/c1-5-6(2)10(15)9(11)7(3)8(5)4-13-14-12/h15H,4H2,1-3H3. The molecular formula is C10H12ClN3O. The van der Waals surface area contributed by atoms with Gasteiger partial charge in [0, 0.05) is 4.91 Å². The van der Waals surface area contributed by atoms with E-state index in [1.807, 2.05) is 6.92 Å². The smallest absolute Gasteiger partial charge is 0.137 e. The van der Waals surface area contributed by atoms with E-state index in [2.05, 4.69) is 10.0 Å². The van der Waals surface area contributed by atoms with Crippen molar-refractivity contribution in [2.75, 3.05) is 0 Å². The second-order valence-corrected chi connectivity index (χ2v) is 3.78. The number of benzene rings is 1. The van der Waals surface area contributed by atoms with Crippen molar-refractivity contribution >= 4 is 11.6 Å². The summed E-state index contributed by atoms with van der Waals surface area (Å²) in [6.45, 7) is 5.72. The quantitative estimate of drug-likeness (QED) is 0.464. The molecule has 0 spiro atoms. The molecular weight excluding hydrogens is 214 g/mol. The molecule has 0 unspecified atom stereocenters. The molecule has 0 aliphatic heterocycles. The molecule has 0 aromatic heterocycles. The van der Waals surface area contributed by atoms with E-state index < -0.39 is 0 Å². The number of phenols is 1. The highest BCUT2D eigenvalue weighted by molar-refractivity contribution is 6.33. The van der Waals surface area contributed by atoms with Gasteiger partial charge in [0.2, 0.25) is 0 Å². The summed E-state index contributed by atoms with van der Waals surface area (Å²) in [5.74, 6) is 0.108. The second kappa shape index (κ2) is 4.43. The summed E-state index contributed by atoms with van der Waals surface area (Å²) in [6.07, 6.45) is 0. The van der Waals surface area contributed by atoms with Crippen LogP contribution in [0.3, 0.4) is 0 Å². The number of rotatable bonds is 2. The number of aromatic hydroxyl groups is 1. The first-order valence-corrected chi connectivity index (χ1v) is 4.86. The predicted molar refractivity (Wildman–Crippen MR) is 60.2 cm³/mol. The average Bonchev–Trinajstić information content (AvgIpc) is 2.24. The Morgan fingerprint density at radius 1 is 1.27 bits per heavy atom. The van der Waals surface area contributed by atoms with E-state index in [-0.39, 0.29) is 12.3 Å². The van der Waals surface area contributed by atoms with E-state index in [0.29, 0.717) is 5.02 Å². The van der Waals surface area contributed by atoms with Crippen LogP contribution < -0.4 is 0 Å². The number of azide groups is 1. The summed E-state index contributed by atoms with van der Waals surface area (Å²) >= 11 is 5.95. The molecule has 0 atom stereocenters. The van der Waals surface area contributed by atoms with Crippen molar-refractivity contribution in [3.63, 3.8) is 0 Å². The molecule has 5 heteroatoms. The maximum absolute atomic E-state index is 9.68. The van der Waals surface area contributed by atoms with Crippen LogP contribution in [0.4, 0.5) is 0 Å². The highest BCUT2D eigenvalue weighted by Gasteiger charge is 2.14. The number of phenolic OH excluding ortho intramolecular Hbond substituents is 1. The normalized spacial score (nSPS) is 9.87. The number of halogens is 1. The van der Waals surface area contributed by atoms with Gasteiger partial charge in [0.1, 0.15) is 5.75 Å². The highest BCUT2D eigenvalue weighted by Crippen LogP contribution is 2.36. The van der Waals surface area contributed by atoms with Crippen LogP contribution in [0.25, 0.3) is 10.4 Å². The van der Waals surface area contributed by atoms with E-state index in [9.17, 15) is 5.11 Å². The zero-order chi connectivity index (χ0) is 11.6. The van der Waals surface area contributed by atoms with Crippen molar-refractivity contribution in [1.82, 2.24) is 0 Å². The molecule has 0 saturated carbocycles. The molecule has 0 aliphatic carbocycles. The fraction of sp³-hybridized carbons (Fsp3) is 0.400. The lowest BCUT2D eigenvalue weighted by Crippen LogP contribution is -1.97. The lowest BCUT2D eigenvalue weighted by atomic mass is 9.97. The van der Waals surface area contributed by atoms with Crippen molar-refractivity contribution in [2.24, 2.45) is 5.11 Å². The minimum Gasteiger partial charge on any atom is -0.506 e. The summed E-state index contributed by atoms with van der Waals surface area (Å²) in [5.41, 5.74) is 11.6. The van der Waals surface area contributed by atoms with Crippen molar-refractivity contribution in [1.29, 1.82) is 0 Å². The maximum atomic E-state index is 9.68. The molecule has 80 valence electrons. The van der Waals surface area contributed by atoms with Crippen LogP contribution in [0.1, 0.15) is 22.3 Å². The molecule has 1 aromatic carbocycles. The summed E-state index contributed by atoms with van der Waals surface area (Å²) in [5, 5.41) is 13.5. The molecule has 1 rings (SSSR count). The summed E-state index contributed by atoms with van der Waals surface area (Å²) in [7, 11) is 0.